The molecule has 0 aliphatic carbocycles. The number of thioether (sulfide) groups is 1. The van der Waals surface area contributed by atoms with Crippen LogP contribution >= 0.6 is 11.8 Å². The van der Waals surface area contributed by atoms with E-state index in [0.717, 1.165) is 12.3 Å². The molecule has 3 nitrogen and oxygen atoms in total. The van der Waals surface area contributed by atoms with Crippen molar-refractivity contribution >= 4 is 11.8 Å². The van der Waals surface area contributed by atoms with Crippen molar-refractivity contribution in [2.75, 3.05) is 20.6 Å². The van der Waals surface area contributed by atoms with Crippen molar-refractivity contribution < 1.29 is 13.2 Å². The van der Waals surface area contributed by atoms with Crippen LogP contribution in [0.3, 0.4) is 0 Å². The first-order chi connectivity index (χ1) is 11.1. The summed E-state index contributed by atoms with van der Waals surface area (Å²) in [5, 5.41) is 3.37. The highest BCUT2D eigenvalue weighted by molar-refractivity contribution is 7.98. The van der Waals surface area contributed by atoms with Crippen LogP contribution in [0.5, 0.6) is 0 Å². The third kappa shape index (κ3) is 5.97. The zero-order valence-corrected chi connectivity index (χ0v) is 14.2. The van der Waals surface area contributed by atoms with Gasteiger partial charge in [-0.25, -0.2) is 0 Å². The maximum atomic E-state index is 12.2. The second kappa shape index (κ2) is 9.05. The number of hydrogen-bond donors (Lipinski definition) is 1. The molecule has 0 amide bonds. The van der Waals surface area contributed by atoms with E-state index >= 15 is 0 Å². The highest BCUT2D eigenvalue weighted by Gasteiger charge is 2.13. The van der Waals surface area contributed by atoms with E-state index in [0.29, 0.717) is 24.1 Å². The van der Waals surface area contributed by atoms with Gasteiger partial charge >= 0.3 is 0 Å². The Morgan fingerprint density at radius 3 is 2.43 bits per heavy atom. The molecule has 0 aliphatic heterocycles. The zero-order chi connectivity index (χ0) is 16.7. The smallest absolute Gasteiger partial charge is 0.284 e. The van der Waals surface area contributed by atoms with Crippen molar-refractivity contribution in [1.82, 2.24) is 10.2 Å². The van der Waals surface area contributed by atoms with Crippen LogP contribution in [0.1, 0.15) is 23.1 Å². The molecule has 126 valence electrons. The normalized spacial score (nSPS) is 13.0. The van der Waals surface area contributed by atoms with Gasteiger partial charge in [-0.1, -0.05) is 42.1 Å². The van der Waals surface area contributed by atoms with Crippen LogP contribution in [-0.2, 0) is 12.3 Å². The first-order valence-corrected chi connectivity index (χ1v) is 8.50. The summed E-state index contributed by atoms with van der Waals surface area (Å²) in [6.07, 6.45) is 0. The van der Waals surface area contributed by atoms with Crippen LogP contribution < -0.4 is 5.32 Å². The van der Waals surface area contributed by atoms with Crippen LogP contribution in [0.2, 0.25) is 0 Å². The van der Waals surface area contributed by atoms with E-state index in [4.69, 9.17) is 4.42 Å². The van der Waals surface area contributed by atoms with Gasteiger partial charge in [-0.15, -0.1) is 0 Å². The van der Waals surface area contributed by atoms with Crippen LogP contribution in [-0.4, -0.2) is 31.3 Å². The van der Waals surface area contributed by atoms with Gasteiger partial charge in [0, 0.05) is 12.6 Å². The molecule has 1 heterocycles. The fourth-order valence-corrected chi connectivity index (χ4v) is 2.79. The number of hydrogen-bond acceptors (Lipinski definition) is 4. The van der Waals surface area contributed by atoms with Crippen LogP contribution in [0.15, 0.2) is 46.9 Å². The molecule has 0 fully saturated rings. The average Bonchev–Trinajstić information content (AvgIpc) is 2.98. The number of nitrogens with zero attached hydrogens (tertiary/aromatic N) is 1. The highest BCUT2D eigenvalue weighted by Crippen LogP contribution is 2.21. The summed E-state index contributed by atoms with van der Waals surface area (Å²) in [7, 11) is 4.10. The lowest BCUT2D eigenvalue weighted by molar-refractivity contribution is 0.251. The molecule has 23 heavy (non-hydrogen) atoms. The Morgan fingerprint density at radius 1 is 1.09 bits per heavy atom. The molecule has 1 aromatic heterocycles. The highest BCUT2D eigenvalue weighted by atomic mass is 32.2. The second-order valence-electron chi connectivity index (χ2n) is 5.46. The lowest BCUT2D eigenvalue weighted by atomic mass is 10.1. The van der Waals surface area contributed by atoms with Crippen LogP contribution in [0.4, 0.5) is 8.78 Å². The van der Waals surface area contributed by atoms with E-state index in [1.165, 1.54) is 5.56 Å². The van der Waals surface area contributed by atoms with Gasteiger partial charge in [0.15, 0.2) is 0 Å². The average molecular weight is 340 g/mol. The Morgan fingerprint density at radius 2 is 1.78 bits per heavy atom. The molecule has 0 aliphatic rings. The third-order valence-electron chi connectivity index (χ3n) is 3.51. The minimum absolute atomic E-state index is 0.196. The summed E-state index contributed by atoms with van der Waals surface area (Å²) in [6.45, 7) is 1.36. The maximum absolute atomic E-state index is 12.2. The molecule has 1 aromatic carbocycles. The SMILES string of the molecule is CN(C)C(CNCc1ccc(CSC(F)F)o1)c1ccccc1. The van der Waals surface area contributed by atoms with Crippen molar-refractivity contribution in [3.8, 4) is 0 Å². The number of furan rings is 1. The van der Waals surface area contributed by atoms with Gasteiger partial charge in [-0.2, -0.15) is 8.78 Å². The monoisotopic (exact) mass is 340 g/mol. The van der Waals surface area contributed by atoms with Crippen LogP contribution in [0.25, 0.3) is 0 Å². The van der Waals surface area contributed by atoms with E-state index in [9.17, 15) is 8.78 Å². The summed E-state index contributed by atoms with van der Waals surface area (Å²) in [6, 6.07) is 14.1. The Labute approximate surface area is 140 Å². The molecule has 0 saturated carbocycles. The quantitative estimate of drug-likeness (QED) is 0.743. The maximum Gasteiger partial charge on any atom is 0.284 e. The van der Waals surface area contributed by atoms with Gasteiger partial charge in [0.2, 0.25) is 0 Å². The Hall–Kier alpha value is -1.37. The molecular weight excluding hydrogens is 318 g/mol. The molecular formula is C17H22F2N2OS. The summed E-state index contributed by atoms with van der Waals surface area (Å²) in [4.78, 5) is 2.16. The van der Waals surface area contributed by atoms with Crippen molar-refractivity contribution in [3.05, 3.63) is 59.5 Å². The van der Waals surface area contributed by atoms with Gasteiger partial charge in [-0.05, 0) is 31.8 Å². The summed E-state index contributed by atoms with van der Waals surface area (Å²) >= 11 is 0.573. The Balaban J connectivity index is 1.83. The van der Waals surface area contributed by atoms with E-state index in [-0.39, 0.29) is 11.8 Å². The largest absolute Gasteiger partial charge is 0.464 e. The fourth-order valence-electron chi connectivity index (χ4n) is 2.35. The molecule has 1 N–H and O–H groups in total. The van der Waals surface area contributed by atoms with Gasteiger partial charge < -0.3 is 14.6 Å². The summed E-state index contributed by atoms with van der Waals surface area (Å²) in [5.41, 5.74) is 1.25. The minimum Gasteiger partial charge on any atom is -0.464 e. The molecule has 1 atom stereocenters. The van der Waals surface area contributed by atoms with Gasteiger partial charge in [0.1, 0.15) is 11.5 Å². The van der Waals surface area contributed by atoms with Gasteiger partial charge in [0.05, 0.1) is 12.3 Å². The lowest BCUT2D eigenvalue weighted by Gasteiger charge is -2.25. The number of halogens is 2. The molecule has 1 unspecified atom stereocenters. The Bertz CT molecular complexity index is 575. The van der Waals surface area contributed by atoms with E-state index in [2.05, 4.69) is 22.3 Å². The third-order valence-corrected chi connectivity index (χ3v) is 4.22. The van der Waals surface area contributed by atoms with Crippen molar-refractivity contribution in [2.24, 2.45) is 0 Å². The summed E-state index contributed by atoms with van der Waals surface area (Å²) < 4.78 is 29.9. The standard InChI is InChI=1S/C17H22F2N2OS/c1-21(2)16(13-6-4-3-5-7-13)11-20-10-14-8-9-15(22-14)12-23-17(18)19/h3-9,16-17,20H,10-12H2,1-2H3. The van der Waals surface area contributed by atoms with E-state index in [1.54, 1.807) is 6.07 Å². The zero-order valence-electron chi connectivity index (χ0n) is 13.3. The molecule has 0 spiro atoms. The number of nitrogens with one attached hydrogen (secondary N) is 1. The van der Waals surface area contributed by atoms with E-state index < -0.39 is 5.76 Å². The number of alkyl halides is 2. The summed E-state index contributed by atoms with van der Waals surface area (Å²) in [5.74, 6) is -0.824. The van der Waals surface area contributed by atoms with Crippen molar-refractivity contribution in [1.29, 1.82) is 0 Å². The minimum atomic E-state index is -2.37. The van der Waals surface area contributed by atoms with Crippen molar-refractivity contribution in [3.63, 3.8) is 0 Å². The fraction of sp³-hybridized carbons (Fsp3) is 0.412. The molecule has 2 rings (SSSR count). The van der Waals surface area contributed by atoms with Gasteiger partial charge in [-0.3, -0.25) is 0 Å². The predicted octanol–water partition coefficient (Wildman–Crippen LogP) is 4.13. The molecule has 0 bridgehead atoms. The first-order valence-electron chi connectivity index (χ1n) is 7.45. The predicted molar refractivity (Wildman–Crippen MR) is 90.6 cm³/mol. The van der Waals surface area contributed by atoms with E-state index in [1.807, 2.05) is 38.4 Å². The topological polar surface area (TPSA) is 28.4 Å². The molecule has 0 saturated heterocycles. The van der Waals surface area contributed by atoms with Crippen LogP contribution in [0, 0.1) is 0 Å². The molecule has 2 aromatic rings. The number of likely N-dealkylation sites (N-methyl/N-ethyl adjacent to an activating group) is 1. The Kier molecular flexibility index (Phi) is 7.08. The molecule has 0 radical (unpaired) electrons. The molecule has 6 heteroatoms. The first kappa shape index (κ1) is 18.0. The second-order valence-corrected chi connectivity index (χ2v) is 6.44. The van der Waals surface area contributed by atoms with Gasteiger partial charge in [0.25, 0.3) is 5.76 Å². The lowest BCUT2D eigenvalue weighted by Crippen LogP contribution is -2.30. The number of rotatable bonds is 9. The van der Waals surface area contributed by atoms with Crippen molar-refractivity contribution in [2.45, 2.75) is 24.1 Å². The number of benzene rings is 1.